The van der Waals surface area contributed by atoms with E-state index in [-0.39, 0.29) is 5.75 Å². The molecule has 0 aromatic heterocycles. The third-order valence-electron chi connectivity index (χ3n) is 2.22. The Kier molecular flexibility index (Phi) is 6.31. The molecule has 0 spiro atoms. The SMILES string of the molecule is CC.CCS(=O)(=O)N1CCN(C)CC1. The first kappa shape index (κ1) is 13.9. The molecule has 4 nitrogen and oxygen atoms in total. The molecule has 1 aliphatic heterocycles. The molecule has 0 radical (unpaired) electrons. The standard InChI is InChI=1S/C7H16N2O2S.C2H6/c1-3-12(10,11)9-6-4-8(2)5-7-9;1-2/h3-7H2,1-2H3;1-2H3. The van der Waals surface area contributed by atoms with Gasteiger partial charge < -0.3 is 4.90 Å². The highest BCUT2D eigenvalue weighted by atomic mass is 32.2. The Hall–Kier alpha value is -0.130. The molecule has 5 heteroatoms. The second-order valence-corrected chi connectivity index (χ2v) is 5.36. The van der Waals surface area contributed by atoms with Crippen LogP contribution in [-0.4, -0.2) is 56.6 Å². The third-order valence-corrected chi connectivity index (χ3v) is 4.10. The molecule has 0 N–H and O–H groups in total. The molecule has 0 unspecified atom stereocenters. The van der Waals surface area contributed by atoms with Crippen molar-refractivity contribution in [3.05, 3.63) is 0 Å². The van der Waals surface area contributed by atoms with Crippen molar-refractivity contribution >= 4 is 10.0 Å². The first-order chi connectivity index (χ1) is 6.56. The van der Waals surface area contributed by atoms with Gasteiger partial charge in [0, 0.05) is 26.2 Å². The molecule has 86 valence electrons. The minimum absolute atomic E-state index is 0.219. The van der Waals surface area contributed by atoms with Crippen LogP contribution in [0.5, 0.6) is 0 Å². The number of nitrogens with zero attached hydrogens (tertiary/aromatic N) is 2. The molecule has 0 amide bonds. The van der Waals surface area contributed by atoms with Gasteiger partial charge in [-0.2, -0.15) is 4.31 Å². The van der Waals surface area contributed by atoms with E-state index in [1.54, 1.807) is 11.2 Å². The van der Waals surface area contributed by atoms with Crippen molar-refractivity contribution in [2.24, 2.45) is 0 Å². The van der Waals surface area contributed by atoms with Crippen molar-refractivity contribution in [3.63, 3.8) is 0 Å². The lowest BCUT2D eigenvalue weighted by Crippen LogP contribution is -2.47. The Morgan fingerprint density at radius 2 is 1.50 bits per heavy atom. The van der Waals surface area contributed by atoms with Crippen LogP contribution >= 0.6 is 0 Å². The van der Waals surface area contributed by atoms with Crippen molar-refractivity contribution in [1.29, 1.82) is 0 Å². The number of likely N-dealkylation sites (N-methyl/N-ethyl adjacent to an activating group) is 1. The van der Waals surface area contributed by atoms with Crippen molar-refractivity contribution in [3.8, 4) is 0 Å². The number of hydrogen-bond donors (Lipinski definition) is 0. The first-order valence-electron chi connectivity index (χ1n) is 5.22. The fraction of sp³-hybridized carbons (Fsp3) is 1.00. The van der Waals surface area contributed by atoms with Gasteiger partial charge in [-0.1, -0.05) is 13.8 Å². The highest BCUT2D eigenvalue weighted by Gasteiger charge is 2.23. The summed E-state index contributed by atoms with van der Waals surface area (Å²) in [7, 11) is -0.928. The normalized spacial score (nSPS) is 20.0. The molecule has 1 saturated heterocycles. The summed E-state index contributed by atoms with van der Waals surface area (Å²) in [6, 6.07) is 0. The van der Waals surface area contributed by atoms with Crippen molar-refractivity contribution in [2.45, 2.75) is 20.8 Å². The van der Waals surface area contributed by atoms with Gasteiger partial charge >= 0.3 is 0 Å². The maximum atomic E-state index is 11.4. The Morgan fingerprint density at radius 1 is 1.07 bits per heavy atom. The van der Waals surface area contributed by atoms with Crippen LogP contribution in [0.1, 0.15) is 20.8 Å². The zero-order chi connectivity index (χ0) is 11.2. The largest absolute Gasteiger partial charge is 0.304 e. The van der Waals surface area contributed by atoms with Crippen LogP contribution in [-0.2, 0) is 10.0 Å². The summed E-state index contributed by atoms with van der Waals surface area (Å²) >= 11 is 0. The number of sulfonamides is 1. The fourth-order valence-corrected chi connectivity index (χ4v) is 2.33. The molecule has 1 heterocycles. The van der Waals surface area contributed by atoms with E-state index in [1.807, 2.05) is 20.9 Å². The predicted octanol–water partition coefficient (Wildman–Crippen LogP) is 0.610. The van der Waals surface area contributed by atoms with E-state index < -0.39 is 10.0 Å². The summed E-state index contributed by atoms with van der Waals surface area (Å²) in [5, 5.41) is 0. The van der Waals surface area contributed by atoms with Crippen molar-refractivity contribution in [1.82, 2.24) is 9.21 Å². The van der Waals surface area contributed by atoms with Crippen LogP contribution in [0.15, 0.2) is 0 Å². The second-order valence-electron chi connectivity index (χ2n) is 3.10. The second kappa shape index (κ2) is 6.37. The molecule has 0 aliphatic carbocycles. The molecule has 0 saturated carbocycles. The number of piperazine rings is 1. The van der Waals surface area contributed by atoms with E-state index in [2.05, 4.69) is 4.90 Å². The highest BCUT2D eigenvalue weighted by molar-refractivity contribution is 7.89. The van der Waals surface area contributed by atoms with Crippen LogP contribution < -0.4 is 0 Å². The molecule has 1 rings (SSSR count). The zero-order valence-corrected chi connectivity index (χ0v) is 10.5. The van der Waals surface area contributed by atoms with Crippen LogP contribution in [0, 0.1) is 0 Å². The van der Waals surface area contributed by atoms with Crippen molar-refractivity contribution in [2.75, 3.05) is 39.0 Å². The summed E-state index contributed by atoms with van der Waals surface area (Å²) in [5.74, 6) is 0.219. The molecular formula is C9H22N2O2S. The average molecular weight is 222 g/mol. The highest BCUT2D eigenvalue weighted by Crippen LogP contribution is 2.05. The molecule has 1 aliphatic rings. The molecule has 0 atom stereocenters. The van der Waals surface area contributed by atoms with Crippen LogP contribution in [0.25, 0.3) is 0 Å². The number of rotatable bonds is 2. The Bertz CT molecular complexity index is 231. The topological polar surface area (TPSA) is 40.6 Å². The van der Waals surface area contributed by atoms with E-state index in [4.69, 9.17) is 0 Å². The lowest BCUT2D eigenvalue weighted by Gasteiger charge is -2.31. The minimum Gasteiger partial charge on any atom is -0.304 e. The maximum absolute atomic E-state index is 11.4. The summed E-state index contributed by atoms with van der Waals surface area (Å²) in [6.07, 6.45) is 0. The van der Waals surface area contributed by atoms with Crippen LogP contribution in [0.4, 0.5) is 0 Å². The molecule has 0 aromatic rings. The van der Waals surface area contributed by atoms with Gasteiger partial charge in [-0.15, -0.1) is 0 Å². The average Bonchev–Trinajstić information content (AvgIpc) is 2.21. The first-order valence-corrected chi connectivity index (χ1v) is 6.83. The summed E-state index contributed by atoms with van der Waals surface area (Å²) in [6.45, 7) is 8.67. The predicted molar refractivity (Wildman–Crippen MR) is 59.9 cm³/mol. The monoisotopic (exact) mass is 222 g/mol. The van der Waals surface area contributed by atoms with Crippen LogP contribution in [0.3, 0.4) is 0 Å². The fourth-order valence-electron chi connectivity index (χ4n) is 1.25. The smallest absolute Gasteiger partial charge is 0.213 e. The van der Waals surface area contributed by atoms with E-state index >= 15 is 0 Å². The number of hydrogen-bond acceptors (Lipinski definition) is 3. The summed E-state index contributed by atoms with van der Waals surface area (Å²) in [5.41, 5.74) is 0. The van der Waals surface area contributed by atoms with E-state index in [9.17, 15) is 8.42 Å². The third kappa shape index (κ3) is 3.94. The van der Waals surface area contributed by atoms with Crippen LogP contribution in [0.2, 0.25) is 0 Å². The summed E-state index contributed by atoms with van der Waals surface area (Å²) in [4.78, 5) is 2.14. The van der Waals surface area contributed by atoms with E-state index in [1.165, 1.54) is 0 Å². The lowest BCUT2D eigenvalue weighted by atomic mass is 10.4. The zero-order valence-electron chi connectivity index (χ0n) is 9.65. The van der Waals surface area contributed by atoms with E-state index in [0.717, 1.165) is 13.1 Å². The van der Waals surface area contributed by atoms with Gasteiger partial charge in [0.1, 0.15) is 0 Å². The van der Waals surface area contributed by atoms with Gasteiger partial charge in [-0.25, -0.2) is 8.42 Å². The van der Waals surface area contributed by atoms with Gasteiger partial charge in [0.15, 0.2) is 0 Å². The quantitative estimate of drug-likeness (QED) is 0.687. The Balaban J connectivity index is 0.000000791. The van der Waals surface area contributed by atoms with Gasteiger partial charge in [-0.3, -0.25) is 0 Å². The minimum atomic E-state index is -2.94. The molecular weight excluding hydrogens is 200 g/mol. The lowest BCUT2D eigenvalue weighted by molar-refractivity contribution is 0.222. The Labute approximate surface area is 87.9 Å². The molecule has 1 fully saturated rings. The summed E-state index contributed by atoms with van der Waals surface area (Å²) < 4.78 is 24.3. The van der Waals surface area contributed by atoms with Crippen molar-refractivity contribution < 1.29 is 8.42 Å². The molecule has 14 heavy (non-hydrogen) atoms. The van der Waals surface area contributed by atoms with Gasteiger partial charge in [-0.05, 0) is 14.0 Å². The molecule has 0 aromatic carbocycles. The van der Waals surface area contributed by atoms with Gasteiger partial charge in [0.05, 0.1) is 5.75 Å². The Morgan fingerprint density at radius 3 is 1.86 bits per heavy atom. The van der Waals surface area contributed by atoms with E-state index in [0.29, 0.717) is 13.1 Å². The van der Waals surface area contributed by atoms with Gasteiger partial charge in [0.2, 0.25) is 10.0 Å². The van der Waals surface area contributed by atoms with Gasteiger partial charge in [0.25, 0.3) is 0 Å². The molecule has 0 bridgehead atoms. The maximum Gasteiger partial charge on any atom is 0.213 e.